The van der Waals surface area contributed by atoms with Gasteiger partial charge in [-0.3, -0.25) is 4.68 Å². The molecule has 6 heteroatoms. The summed E-state index contributed by atoms with van der Waals surface area (Å²) in [6.45, 7) is 0. The Morgan fingerprint density at radius 3 is 2.69 bits per heavy atom. The van der Waals surface area contributed by atoms with Gasteiger partial charge in [0, 0.05) is 19.5 Å². The van der Waals surface area contributed by atoms with Crippen molar-refractivity contribution >= 4 is 9.84 Å². The summed E-state index contributed by atoms with van der Waals surface area (Å²) in [5.74, 6) is -0.0655. The minimum absolute atomic E-state index is 0.0655. The van der Waals surface area contributed by atoms with Gasteiger partial charge in [-0.1, -0.05) is 0 Å². The zero-order valence-corrected chi connectivity index (χ0v) is 8.45. The van der Waals surface area contributed by atoms with Crippen molar-refractivity contribution < 1.29 is 8.42 Å². The number of sulfone groups is 1. The third-order valence-electron chi connectivity index (χ3n) is 1.60. The van der Waals surface area contributed by atoms with E-state index in [1.165, 1.54) is 0 Å². The molecule has 0 amide bonds. The van der Waals surface area contributed by atoms with Crippen molar-refractivity contribution in [1.82, 2.24) is 9.78 Å². The Morgan fingerprint density at radius 2 is 2.31 bits per heavy atom. The monoisotopic (exact) mass is 203 g/mol. The van der Waals surface area contributed by atoms with Crippen molar-refractivity contribution in [3.05, 3.63) is 18.0 Å². The lowest BCUT2D eigenvalue weighted by Gasteiger charge is -2.05. The second-order valence-electron chi connectivity index (χ2n) is 3.11. The van der Waals surface area contributed by atoms with Crippen molar-refractivity contribution in [2.75, 3.05) is 12.0 Å². The van der Waals surface area contributed by atoms with E-state index in [1.54, 1.807) is 24.0 Å². The van der Waals surface area contributed by atoms with Gasteiger partial charge in [-0.15, -0.1) is 0 Å². The molecule has 0 bridgehead atoms. The van der Waals surface area contributed by atoms with Crippen LogP contribution in [0.25, 0.3) is 0 Å². The minimum Gasteiger partial charge on any atom is -0.322 e. The lowest BCUT2D eigenvalue weighted by Crippen LogP contribution is -2.21. The fraction of sp³-hybridized carbons (Fsp3) is 0.571. The predicted octanol–water partition coefficient (Wildman–Crippen LogP) is -0.536. The molecule has 0 aromatic carbocycles. The van der Waals surface area contributed by atoms with Crippen LogP contribution in [0.2, 0.25) is 0 Å². The Labute approximate surface area is 77.5 Å². The van der Waals surface area contributed by atoms with Crippen molar-refractivity contribution in [1.29, 1.82) is 0 Å². The largest absolute Gasteiger partial charge is 0.322 e. The second-order valence-corrected chi connectivity index (χ2v) is 5.30. The molecular formula is C7H13N3O2S. The highest BCUT2D eigenvalue weighted by Crippen LogP contribution is 2.08. The molecule has 1 unspecified atom stereocenters. The molecule has 0 aliphatic heterocycles. The molecule has 1 atom stereocenters. The molecule has 1 rings (SSSR count). The quantitative estimate of drug-likeness (QED) is 0.716. The molecule has 13 heavy (non-hydrogen) atoms. The Hall–Kier alpha value is -0.880. The first-order chi connectivity index (χ1) is 5.88. The van der Waals surface area contributed by atoms with E-state index in [2.05, 4.69) is 5.10 Å². The van der Waals surface area contributed by atoms with E-state index >= 15 is 0 Å². The highest BCUT2D eigenvalue weighted by molar-refractivity contribution is 7.90. The maximum Gasteiger partial charge on any atom is 0.149 e. The number of rotatable bonds is 3. The van der Waals surface area contributed by atoms with E-state index in [1.807, 2.05) is 0 Å². The molecule has 0 spiro atoms. The third-order valence-corrected chi connectivity index (χ3v) is 2.56. The summed E-state index contributed by atoms with van der Waals surface area (Å²) in [7, 11) is -1.28. The van der Waals surface area contributed by atoms with Gasteiger partial charge in [0.25, 0.3) is 0 Å². The first-order valence-corrected chi connectivity index (χ1v) is 5.87. The number of hydrogen-bond donors (Lipinski definition) is 1. The molecule has 1 aromatic rings. The van der Waals surface area contributed by atoms with Crippen molar-refractivity contribution in [3.8, 4) is 0 Å². The average molecular weight is 203 g/mol. The normalized spacial score (nSPS) is 14.4. The van der Waals surface area contributed by atoms with Gasteiger partial charge in [0.1, 0.15) is 9.84 Å². The van der Waals surface area contributed by atoms with Crippen LogP contribution in [-0.2, 0) is 16.9 Å². The standard InChI is InChI=1S/C7H13N3O2S/c1-10-4-3-7(9-10)6(8)5-13(2,11)12/h3-4,6H,5,8H2,1-2H3. The number of nitrogens with zero attached hydrogens (tertiary/aromatic N) is 2. The molecule has 0 saturated heterocycles. The molecule has 0 radical (unpaired) electrons. The summed E-state index contributed by atoms with van der Waals surface area (Å²) < 4.78 is 23.4. The van der Waals surface area contributed by atoms with Crippen LogP contribution in [0.15, 0.2) is 12.3 Å². The minimum atomic E-state index is -3.04. The lowest BCUT2D eigenvalue weighted by molar-refractivity contribution is 0.592. The molecule has 2 N–H and O–H groups in total. The first-order valence-electron chi connectivity index (χ1n) is 3.81. The van der Waals surface area contributed by atoms with Gasteiger partial charge in [0.15, 0.2) is 0 Å². The summed E-state index contributed by atoms with van der Waals surface area (Å²) in [4.78, 5) is 0. The molecule has 0 fully saturated rings. The van der Waals surface area contributed by atoms with Crippen LogP contribution in [0.1, 0.15) is 11.7 Å². The smallest absolute Gasteiger partial charge is 0.149 e. The molecule has 5 nitrogen and oxygen atoms in total. The van der Waals surface area contributed by atoms with Crippen LogP contribution in [0, 0.1) is 0 Å². The Balaban J connectivity index is 2.75. The number of hydrogen-bond acceptors (Lipinski definition) is 4. The van der Waals surface area contributed by atoms with E-state index < -0.39 is 15.9 Å². The van der Waals surface area contributed by atoms with E-state index in [4.69, 9.17) is 5.73 Å². The van der Waals surface area contributed by atoms with Gasteiger partial charge in [-0.2, -0.15) is 5.10 Å². The second kappa shape index (κ2) is 3.47. The van der Waals surface area contributed by atoms with Crippen LogP contribution in [0.5, 0.6) is 0 Å². The zero-order chi connectivity index (χ0) is 10.1. The number of nitrogens with two attached hydrogens (primary N) is 1. The van der Waals surface area contributed by atoms with Crippen molar-refractivity contribution in [3.63, 3.8) is 0 Å². The van der Waals surface area contributed by atoms with E-state index in [9.17, 15) is 8.42 Å². The van der Waals surface area contributed by atoms with E-state index in [0.717, 1.165) is 6.26 Å². The molecule has 1 aromatic heterocycles. The third kappa shape index (κ3) is 3.16. The van der Waals surface area contributed by atoms with E-state index in [0.29, 0.717) is 5.69 Å². The molecule has 74 valence electrons. The number of aromatic nitrogens is 2. The van der Waals surface area contributed by atoms with Crippen LogP contribution < -0.4 is 5.73 Å². The van der Waals surface area contributed by atoms with Gasteiger partial charge >= 0.3 is 0 Å². The Morgan fingerprint density at radius 1 is 1.69 bits per heavy atom. The van der Waals surface area contributed by atoms with Gasteiger partial charge in [0.05, 0.1) is 17.5 Å². The highest BCUT2D eigenvalue weighted by Gasteiger charge is 2.14. The van der Waals surface area contributed by atoms with Crippen molar-refractivity contribution in [2.45, 2.75) is 6.04 Å². The van der Waals surface area contributed by atoms with Crippen LogP contribution >= 0.6 is 0 Å². The van der Waals surface area contributed by atoms with Crippen molar-refractivity contribution in [2.24, 2.45) is 12.8 Å². The van der Waals surface area contributed by atoms with Crippen LogP contribution in [0.4, 0.5) is 0 Å². The maximum absolute atomic E-state index is 10.9. The predicted molar refractivity (Wildman–Crippen MR) is 49.8 cm³/mol. The zero-order valence-electron chi connectivity index (χ0n) is 7.64. The Kier molecular flexibility index (Phi) is 2.72. The summed E-state index contributed by atoms with van der Waals surface area (Å²) in [5, 5.41) is 4.02. The van der Waals surface area contributed by atoms with Gasteiger partial charge in [-0.05, 0) is 6.07 Å². The van der Waals surface area contributed by atoms with E-state index in [-0.39, 0.29) is 5.75 Å². The summed E-state index contributed by atoms with van der Waals surface area (Å²) >= 11 is 0. The fourth-order valence-electron chi connectivity index (χ4n) is 1.04. The SMILES string of the molecule is Cn1ccc(C(N)CS(C)(=O)=O)n1. The van der Waals surface area contributed by atoms with Gasteiger partial charge in [0.2, 0.25) is 0 Å². The van der Waals surface area contributed by atoms with Crippen LogP contribution in [0.3, 0.4) is 0 Å². The summed E-state index contributed by atoms with van der Waals surface area (Å²) in [6, 6.07) is 1.19. The summed E-state index contributed by atoms with van der Waals surface area (Å²) in [6.07, 6.45) is 2.90. The van der Waals surface area contributed by atoms with Gasteiger partial charge in [-0.25, -0.2) is 8.42 Å². The maximum atomic E-state index is 10.9. The molecule has 0 aliphatic rings. The average Bonchev–Trinajstić information content (AvgIpc) is 2.31. The lowest BCUT2D eigenvalue weighted by atomic mass is 10.3. The Bertz CT molecular complexity index is 382. The molecular weight excluding hydrogens is 190 g/mol. The van der Waals surface area contributed by atoms with Gasteiger partial charge < -0.3 is 5.73 Å². The highest BCUT2D eigenvalue weighted by atomic mass is 32.2. The van der Waals surface area contributed by atoms with Crippen LogP contribution in [-0.4, -0.2) is 30.2 Å². The topological polar surface area (TPSA) is 78.0 Å². The molecule has 0 aliphatic carbocycles. The first kappa shape index (κ1) is 10.2. The molecule has 0 saturated carbocycles. The molecule has 1 heterocycles. The fourth-order valence-corrected chi connectivity index (χ4v) is 1.87. The summed E-state index contributed by atoms with van der Waals surface area (Å²) in [5.41, 5.74) is 6.24. The number of aryl methyl sites for hydroxylation is 1.